The van der Waals surface area contributed by atoms with Crippen molar-refractivity contribution in [2.24, 2.45) is 0 Å². The van der Waals surface area contributed by atoms with Crippen molar-refractivity contribution in [3.05, 3.63) is 106 Å². The first-order valence-electron chi connectivity index (χ1n) is 9.45. The molecule has 0 aliphatic rings. The van der Waals surface area contributed by atoms with Crippen LogP contribution in [0.25, 0.3) is 10.8 Å². The van der Waals surface area contributed by atoms with E-state index in [1.807, 2.05) is 13.0 Å². The van der Waals surface area contributed by atoms with Crippen molar-refractivity contribution in [1.82, 2.24) is 9.97 Å². The van der Waals surface area contributed by atoms with Crippen LogP contribution in [0.4, 0.5) is 13.2 Å². The van der Waals surface area contributed by atoms with E-state index in [1.54, 1.807) is 30.6 Å². The molecule has 0 N–H and O–H groups in total. The van der Waals surface area contributed by atoms with Crippen molar-refractivity contribution in [3.8, 4) is 11.8 Å². The number of aromatic nitrogens is 2. The Morgan fingerprint density at radius 2 is 1.60 bits per heavy atom. The SMILES string of the molecule is Cc1cnc(CCc2ccc(C#Cc3ccc4c(F)c(F)ccc4c3)c(F)c2)nc1. The second kappa shape index (κ2) is 8.38. The molecule has 0 bridgehead atoms. The summed E-state index contributed by atoms with van der Waals surface area (Å²) in [6.07, 6.45) is 4.78. The minimum Gasteiger partial charge on any atom is -0.241 e. The fourth-order valence-corrected chi connectivity index (χ4v) is 3.10. The van der Waals surface area contributed by atoms with Gasteiger partial charge in [-0.15, -0.1) is 0 Å². The lowest BCUT2D eigenvalue weighted by Crippen LogP contribution is -1.99. The maximum Gasteiger partial charge on any atom is 0.166 e. The van der Waals surface area contributed by atoms with E-state index in [9.17, 15) is 13.2 Å². The fraction of sp³-hybridized carbons (Fsp3) is 0.120. The second-order valence-corrected chi connectivity index (χ2v) is 7.04. The van der Waals surface area contributed by atoms with E-state index in [0.29, 0.717) is 23.8 Å². The number of nitrogens with zero attached hydrogens (tertiary/aromatic N) is 2. The summed E-state index contributed by atoms with van der Waals surface area (Å²) in [5, 5.41) is 0.725. The average molecular weight is 402 g/mol. The Kier molecular flexibility index (Phi) is 5.49. The molecule has 4 rings (SSSR count). The normalized spacial score (nSPS) is 10.7. The lowest BCUT2D eigenvalue weighted by atomic mass is 10.0. The molecular formula is C25H17F3N2. The number of aryl methyl sites for hydroxylation is 3. The van der Waals surface area contributed by atoms with Gasteiger partial charge in [-0.25, -0.2) is 23.1 Å². The zero-order chi connectivity index (χ0) is 21.1. The molecular weight excluding hydrogens is 385 g/mol. The smallest absolute Gasteiger partial charge is 0.166 e. The van der Waals surface area contributed by atoms with Gasteiger partial charge < -0.3 is 0 Å². The highest BCUT2D eigenvalue weighted by Crippen LogP contribution is 2.21. The molecule has 4 aromatic rings. The largest absolute Gasteiger partial charge is 0.241 e. The topological polar surface area (TPSA) is 25.8 Å². The molecule has 0 aliphatic carbocycles. The van der Waals surface area contributed by atoms with Gasteiger partial charge in [-0.2, -0.15) is 0 Å². The Bertz CT molecular complexity index is 1290. The molecule has 0 aliphatic heterocycles. The zero-order valence-electron chi connectivity index (χ0n) is 16.2. The van der Waals surface area contributed by atoms with Gasteiger partial charge in [0, 0.05) is 29.8 Å². The maximum absolute atomic E-state index is 14.5. The van der Waals surface area contributed by atoms with E-state index < -0.39 is 17.5 Å². The Hall–Kier alpha value is -3.65. The summed E-state index contributed by atoms with van der Waals surface area (Å²) in [4.78, 5) is 8.51. The van der Waals surface area contributed by atoms with Crippen molar-refractivity contribution in [2.75, 3.05) is 0 Å². The summed E-state index contributed by atoms with van der Waals surface area (Å²) in [6, 6.07) is 12.2. The molecule has 3 aromatic carbocycles. The first kappa shape index (κ1) is 19.7. The average Bonchev–Trinajstić information content (AvgIpc) is 2.75. The molecule has 0 saturated heterocycles. The van der Waals surface area contributed by atoms with Crippen LogP contribution in [0.15, 0.2) is 60.9 Å². The Labute approximate surface area is 172 Å². The van der Waals surface area contributed by atoms with Crippen LogP contribution < -0.4 is 0 Å². The summed E-state index contributed by atoms with van der Waals surface area (Å²) in [7, 11) is 0. The third kappa shape index (κ3) is 4.33. The summed E-state index contributed by atoms with van der Waals surface area (Å²) in [5.41, 5.74) is 2.70. The van der Waals surface area contributed by atoms with Crippen molar-refractivity contribution in [2.45, 2.75) is 19.8 Å². The van der Waals surface area contributed by atoms with Crippen LogP contribution in [0, 0.1) is 36.2 Å². The van der Waals surface area contributed by atoms with Crippen LogP contribution in [0.3, 0.4) is 0 Å². The van der Waals surface area contributed by atoms with Crippen LogP contribution in [0.5, 0.6) is 0 Å². The molecule has 0 saturated carbocycles. The molecule has 0 spiro atoms. The van der Waals surface area contributed by atoms with Gasteiger partial charge in [-0.1, -0.05) is 30.0 Å². The second-order valence-electron chi connectivity index (χ2n) is 7.04. The monoisotopic (exact) mass is 402 g/mol. The molecule has 0 atom stereocenters. The highest BCUT2D eigenvalue weighted by molar-refractivity contribution is 5.84. The molecule has 2 nitrogen and oxygen atoms in total. The van der Waals surface area contributed by atoms with Crippen molar-refractivity contribution < 1.29 is 13.2 Å². The first-order chi connectivity index (χ1) is 14.5. The maximum atomic E-state index is 14.5. The Morgan fingerprint density at radius 1 is 0.800 bits per heavy atom. The summed E-state index contributed by atoms with van der Waals surface area (Å²) in [5.74, 6) is 4.23. The molecule has 30 heavy (non-hydrogen) atoms. The molecule has 0 radical (unpaired) electrons. The van der Waals surface area contributed by atoms with Crippen molar-refractivity contribution in [3.63, 3.8) is 0 Å². The van der Waals surface area contributed by atoms with Gasteiger partial charge in [0.15, 0.2) is 11.6 Å². The Balaban J connectivity index is 1.50. The summed E-state index contributed by atoms with van der Waals surface area (Å²) in [6.45, 7) is 1.93. The van der Waals surface area contributed by atoms with E-state index in [0.717, 1.165) is 23.0 Å². The van der Waals surface area contributed by atoms with Crippen LogP contribution >= 0.6 is 0 Å². The van der Waals surface area contributed by atoms with Gasteiger partial charge in [-0.3, -0.25) is 0 Å². The van der Waals surface area contributed by atoms with E-state index in [-0.39, 0.29) is 10.9 Å². The first-order valence-corrected chi connectivity index (χ1v) is 9.45. The van der Waals surface area contributed by atoms with Gasteiger partial charge in [-0.05, 0) is 60.2 Å². The number of hydrogen-bond donors (Lipinski definition) is 0. The lowest BCUT2D eigenvalue weighted by molar-refractivity contribution is 0.517. The fourth-order valence-electron chi connectivity index (χ4n) is 3.10. The van der Waals surface area contributed by atoms with Crippen LogP contribution in [-0.2, 0) is 12.8 Å². The molecule has 148 valence electrons. The molecule has 0 amide bonds. The molecule has 0 fully saturated rings. The molecule has 1 heterocycles. The van der Waals surface area contributed by atoms with Crippen molar-refractivity contribution in [1.29, 1.82) is 0 Å². The zero-order valence-corrected chi connectivity index (χ0v) is 16.2. The van der Waals surface area contributed by atoms with Gasteiger partial charge in [0.05, 0.1) is 5.56 Å². The lowest BCUT2D eigenvalue weighted by Gasteiger charge is -2.03. The summed E-state index contributed by atoms with van der Waals surface area (Å²) < 4.78 is 41.6. The van der Waals surface area contributed by atoms with Gasteiger partial charge in [0.2, 0.25) is 0 Å². The number of halogens is 3. The van der Waals surface area contributed by atoms with Crippen LogP contribution in [0.1, 0.15) is 28.1 Å². The van der Waals surface area contributed by atoms with E-state index in [2.05, 4.69) is 21.8 Å². The van der Waals surface area contributed by atoms with E-state index >= 15 is 0 Å². The minimum absolute atomic E-state index is 0.189. The van der Waals surface area contributed by atoms with Gasteiger partial charge in [0.25, 0.3) is 0 Å². The number of rotatable bonds is 3. The standard InChI is InChI=1S/C25H17F3N2/c1-16-14-29-24(30-15-16)11-5-18-3-7-19(23(27)13-18)6-2-17-4-9-21-20(12-17)8-10-22(26)25(21)28/h3-4,7-10,12-15H,5,11H2,1H3. The molecule has 0 unspecified atom stereocenters. The number of fused-ring (bicyclic) bond motifs is 1. The van der Waals surface area contributed by atoms with E-state index in [4.69, 9.17) is 0 Å². The van der Waals surface area contributed by atoms with Gasteiger partial charge >= 0.3 is 0 Å². The minimum atomic E-state index is -0.891. The Morgan fingerprint density at radius 3 is 2.37 bits per heavy atom. The molecule has 1 aromatic heterocycles. The van der Waals surface area contributed by atoms with E-state index in [1.165, 1.54) is 18.2 Å². The number of hydrogen-bond acceptors (Lipinski definition) is 2. The predicted molar refractivity (Wildman–Crippen MR) is 110 cm³/mol. The highest BCUT2D eigenvalue weighted by Gasteiger charge is 2.07. The predicted octanol–water partition coefficient (Wildman–Crippen LogP) is 5.54. The summed E-state index contributed by atoms with van der Waals surface area (Å²) >= 11 is 0. The highest BCUT2D eigenvalue weighted by atomic mass is 19.2. The van der Waals surface area contributed by atoms with Crippen LogP contribution in [0.2, 0.25) is 0 Å². The third-order valence-corrected chi connectivity index (χ3v) is 4.75. The van der Waals surface area contributed by atoms with Gasteiger partial charge in [0.1, 0.15) is 11.6 Å². The third-order valence-electron chi connectivity index (χ3n) is 4.75. The van der Waals surface area contributed by atoms with Crippen molar-refractivity contribution >= 4 is 10.8 Å². The quantitative estimate of drug-likeness (QED) is 0.421. The van der Waals surface area contributed by atoms with Crippen LogP contribution in [-0.4, -0.2) is 9.97 Å². The number of benzene rings is 3. The molecule has 5 heteroatoms.